The van der Waals surface area contributed by atoms with Crippen molar-refractivity contribution in [2.75, 3.05) is 25.4 Å². The fourth-order valence-electron chi connectivity index (χ4n) is 4.55. The second-order valence-electron chi connectivity index (χ2n) is 8.29. The smallest absolute Gasteiger partial charge is 0.407 e. The molecule has 2 atom stereocenters. The maximum atomic E-state index is 13.0. The molecule has 0 aromatic heterocycles. The van der Waals surface area contributed by atoms with E-state index in [1.807, 2.05) is 31.2 Å². The number of carboxylic acids is 1. The lowest BCUT2D eigenvalue weighted by Gasteiger charge is -2.33. The van der Waals surface area contributed by atoms with Crippen LogP contribution in [-0.4, -0.2) is 64.7 Å². The van der Waals surface area contributed by atoms with E-state index in [4.69, 9.17) is 4.74 Å². The Morgan fingerprint density at radius 1 is 1.12 bits per heavy atom. The van der Waals surface area contributed by atoms with E-state index in [1.54, 1.807) is 4.90 Å². The highest BCUT2D eigenvalue weighted by Crippen LogP contribution is 2.44. The standard InChI is InChI=1S/C25H28N2O5S/c1-2-7-21(23(28)27-12-13-33-22(14-27)24(29)30)26-25(31)32-15-20-18-10-5-3-8-16(18)17-9-4-6-11-19(17)20/h3-6,8-11,20-22H,2,7,12-15H2,1H3,(H,26,31)(H,29,30). The molecule has 2 amide bonds. The van der Waals surface area contributed by atoms with Gasteiger partial charge < -0.3 is 20.1 Å². The average molecular weight is 469 g/mol. The van der Waals surface area contributed by atoms with Crippen molar-refractivity contribution in [3.05, 3.63) is 59.7 Å². The van der Waals surface area contributed by atoms with Crippen molar-refractivity contribution in [2.45, 2.75) is 37.0 Å². The summed E-state index contributed by atoms with van der Waals surface area (Å²) in [5.41, 5.74) is 4.55. The molecule has 4 rings (SSSR count). The Labute approximate surface area is 197 Å². The Morgan fingerprint density at radius 2 is 1.76 bits per heavy atom. The number of thioether (sulfide) groups is 1. The van der Waals surface area contributed by atoms with E-state index in [0.29, 0.717) is 25.1 Å². The third kappa shape index (κ3) is 5.00. The lowest BCUT2D eigenvalue weighted by Crippen LogP contribution is -2.53. The van der Waals surface area contributed by atoms with E-state index in [-0.39, 0.29) is 25.0 Å². The van der Waals surface area contributed by atoms with E-state index in [0.717, 1.165) is 22.3 Å². The lowest BCUT2D eigenvalue weighted by atomic mass is 9.98. The zero-order valence-corrected chi connectivity index (χ0v) is 19.3. The second-order valence-corrected chi connectivity index (χ2v) is 9.60. The monoisotopic (exact) mass is 468 g/mol. The van der Waals surface area contributed by atoms with E-state index in [2.05, 4.69) is 29.6 Å². The first kappa shape index (κ1) is 23.2. The summed E-state index contributed by atoms with van der Waals surface area (Å²) in [6.07, 6.45) is 0.528. The maximum Gasteiger partial charge on any atom is 0.407 e. The summed E-state index contributed by atoms with van der Waals surface area (Å²) < 4.78 is 5.59. The molecule has 2 aliphatic rings. The van der Waals surface area contributed by atoms with Crippen molar-refractivity contribution >= 4 is 29.7 Å². The van der Waals surface area contributed by atoms with Crippen LogP contribution in [0.5, 0.6) is 0 Å². The number of alkyl carbamates (subject to hydrolysis) is 1. The Kier molecular flexibility index (Phi) is 7.23. The molecular formula is C25H28N2O5S. The van der Waals surface area contributed by atoms with E-state index >= 15 is 0 Å². The highest BCUT2D eigenvalue weighted by atomic mass is 32.2. The van der Waals surface area contributed by atoms with Gasteiger partial charge in [0.15, 0.2) is 0 Å². The van der Waals surface area contributed by atoms with Crippen LogP contribution in [0.2, 0.25) is 0 Å². The van der Waals surface area contributed by atoms with Gasteiger partial charge in [0.2, 0.25) is 5.91 Å². The number of hydrogen-bond acceptors (Lipinski definition) is 5. The third-order valence-electron chi connectivity index (χ3n) is 6.16. The molecule has 2 aromatic carbocycles. The predicted molar refractivity (Wildman–Crippen MR) is 127 cm³/mol. The number of fused-ring (bicyclic) bond motifs is 3. The number of carboxylic acid groups (broad SMARTS) is 1. The highest BCUT2D eigenvalue weighted by Gasteiger charge is 2.33. The van der Waals surface area contributed by atoms with Crippen LogP contribution in [0.4, 0.5) is 4.79 Å². The van der Waals surface area contributed by atoms with Gasteiger partial charge in [-0.1, -0.05) is 61.9 Å². The first-order chi connectivity index (χ1) is 16.0. The molecule has 8 heteroatoms. The van der Waals surface area contributed by atoms with Crippen LogP contribution < -0.4 is 5.32 Å². The number of nitrogens with one attached hydrogen (secondary N) is 1. The fourth-order valence-corrected chi connectivity index (χ4v) is 5.59. The summed E-state index contributed by atoms with van der Waals surface area (Å²) >= 11 is 1.34. The van der Waals surface area contributed by atoms with Gasteiger partial charge in [-0.15, -0.1) is 11.8 Å². The minimum atomic E-state index is -0.922. The molecule has 33 heavy (non-hydrogen) atoms. The van der Waals surface area contributed by atoms with Crippen LogP contribution in [0.1, 0.15) is 36.8 Å². The molecule has 1 saturated heterocycles. The molecule has 7 nitrogen and oxygen atoms in total. The minimum absolute atomic E-state index is 0.0566. The van der Waals surface area contributed by atoms with Gasteiger partial charge in [0.05, 0.1) is 0 Å². The third-order valence-corrected chi connectivity index (χ3v) is 7.34. The van der Waals surface area contributed by atoms with Crippen LogP contribution in [0.15, 0.2) is 48.5 Å². The quantitative estimate of drug-likeness (QED) is 0.643. The van der Waals surface area contributed by atoms with Gasteiger partial charge in [-0.3, -0.25) is 9.59 Å². The van der Waals surface area contributed by atoms with Crippen LogP contribution in [0.25, 0.3) is 11.1 Å². The Hall–Kier alpha value is -3.00. The summed E-state index contributed by atoms with van der Waals surface area (Å²) in [6.45, 7) is 2.73. The summed E-state index contributed by atoms with van der Waals surface area (Å²) in [6, 6.07) is 15.5. The summed E-state index contributed by atoms with van der Waals surface area (Å²) in [5, 5.41) is 11.4. The number of ether oxygens (including phenoxy) is 1. The van der Waals surface area contributed by atoms with Gasteiger partial charge in [-0.2, -0.15) is 0 Å². The predicted octanol–water partition coefficient (Wildman–Crippen LogP) is 3.72. The molecule has 1 fully saturated rings. The number of carbonyl (C=O) groups excluding carboxylic acids is 2. The number of benzene rings is 2. The average Bonchev–Trinajstić information content (AvgIpc) is 3.16. The second kappa shape index (κ2) is 10.3. The van der Waals surface area contributed by atoms with Gasteiger partial charge >= 0.3 is 12.1 Å². The van der Waals surface area contributed by atoms with Crippen LogP contribution >= 0.6 is 11.8 Å². The Balaban J connectivity index is 1.40. The van der Waals surface area contributed by atoms with Crippen molar-refractivity contribution in [1.29, 1.82) is 0 Å². The van der Waals surface area contributed by atoms with Crippen molar-refractivity contribution in [1.82, 2.24) is 10.2 Å². The van der Waals surface area contributed by atoms with Crippen molar-refractivity contribution in [3.8, 4) is 11.1 Å². The maximum absolute atomic E-state index is 13.0. The molecule has 2 aromatic rings. The molecule has 1 aliphatic carbocycles. The number of nitrogens with zero attached hydrogens (tertiary/aromatic N) is 1. The number of carbonyl (C=O) groups is 3. The zero-order valence-electron chi connectivity index (χ0n) is 18.5. The van der Waals surface area contributed by atoms with Gasteiger partial charge in [-0.25, -0.2) is 4.79 Å². The summed E-state index contributed by atoms with van der Waals surface area (Å²) in [7, 11) is 0. The fraction of sp³-hybridized carbons (Fsp3) is 0.400. The van der Waals surface area contributed by atoms with Gasteiger partial charge in [0.25, 0.3) is 0 Å². The van der Waals surface area contributed by atoms with Crippen LogP contribution in [-0.2, 0) is 14.3 Å². The van der Waals surface area contributed by atoms with E-state index in [1.165, 1.54) is 11.8 Å². The first-order valence-corrected chi connectivity index (χ1v) is 12.3. The van der Waals surface area contributed by atoms with Crippen molar-refractivity contribution in [3.63, 3.8) is 0 Å². The van der Waals surface area contributed by atoms with Gasteiger partial charge in [-0.05, 0) is 28.7 Å². The first-order valence-electron chi connectivity index (χ1n) is 11.2. The molecule has 174 valence electrons. The minimum Gasteiger partial charge on any atom is -0.480 e. The summed E-state index contributed by atoms with van der Waals surface area (Å²) in [5.74, 6) is -0.670. The van der Waals surface area contributed by atoms with Crippen LogP contribution in [0.3, 0.4) is 0 Å². The molecule has 0 radical (unpaired) electrons. The van der Waals surface area contributed by atoms with E-state index in [9.17, 15) is 19.5 Å². The lowest BCUT2D eigenvalue weighted by molar-refractivity contribution is -0.138. The summed E-state index contributed by atoms with van der Waals surface area (Å²) in [4.78, 5) is 38.6. The molecule has 2 unspecified atom stereocenters. The molecule has 0 bridgehead atoms. The SMILES string of the molecule is CCCC(NC(=O)OCC1c2ccccc2-c2ccccc21)C(=O)N1CCSC(C(=O)O)C1. The topological polar surface area (TPSA) is 95.9 Å². The normalized spacial score (nSPS) is 18.2. The Bertz CT molecular complexity index is 997. The van der Waals surface area contributed by atoms with Gasteiger partial charge in [0, 0.05) is 24.8 Å². The molecule has 2 N–H and O–H groups in total. The number of amides is 2. The molecule has 0 saturated carbocycles. The molecule has 1 aliphatic heterocycles. The zero-order chi connectivity index (χ0) is 23.4. The Morgan fingerprint density at radius 3 is 2.36 bits per heavy atom. The molecular weight excluding hydrogens is 440 g/mol. The van der Waals surface area contributed by atoms with E-state index < -0.39 is 23.4 Å². The van der Waals surface area contributed by atoms with Gasteiger partial charge in [0.1, 0.15) is 17.9 Å². The number of aliphatic carboxylic acids is 1. The number of rotatable bonds is 7. The highest BCUT2D eigenvalue weighted by molar-refractivity contribution is 8.00. The molecule has 1 heterocycles. The van der Waals surface area contributed by atoms with Crippen LogP contribution in [0, 0.1) is 0 Å². The number of hydrogen-bond donors (Lipinski definition) is 2. The van der Waals surface area contributed by atoms with Crippen molar-refractivity contribution in [2.24, 2.45) is 0 Å². The largest absolute Gasteiger partial charge is 0.480 e. The molecule has 0 spiro atoms. The van der Waals surface area contributed by atoms with Crippen molar-refractivity contribution < 1.29 is 24.2 Å².